The van der Waals surface area contributed by atoms with Gasteiger partial charge in [-0.15, -0.1) is 11.3 Å². The van der Waals surface area contributed by atoms with Crippen LogP contribution in [0.1, 0.15) is 38.4 Å². The van der Waals surface area contributed by atoms with Crippen molar-refractivity contribution >= 4 is 17.2 Å². The van der Waals surface area contributed by atoms with E-state index in [-0.39, 0.29) is 11.8 Å². The van der Waals surface area contributed by atoms with Gasteiger partial charge in [0.2, 0.25) is 5.91 Å². The van der Waals surface area contributed by atoms with Crippen LogP contribution in [0.15, 0.2) is 5.38 Å². The molecule has 5 heteroatoms. The van der Waals surface area contributed by atoms with Gasteiger partial charge in [-0.2, -0.15) is 5.26 Å². The molecule has 0 spiro atoms. The van der Waals surface area contributed by atoms with Gasteiger partial charge < -0.3 is 5.32 Å². The van der Waals surface area contributed by atoms with Crippen LogP contribution < -0.4 is 5.32 Å². The van der Waals surface area contributed by atoms with Crippen LogP contribution >= 0.6 is 11.3 Å². The highest BCUT2D eigenvalue weighted by atomic mass is 32.1. The quantitative estimate of drug-likeness (QED) is 0.880. The highest BCUT2D eigenvalue weighted by Gasteiger charge is 2.07. The molecule has 1 heterocycles. The van der Waals surface area contributed by atoms with E-state index in [2.05, 4.69) is 10.3 Å². The van der Waals surface area contributed by atoms with Gasteiger partial charge in [-0.3, -0.25) is 4.79 Å². The first-order chi connectivity index (χ1) is 7.63. The number of nitriles is 1. The van der Waals surface area contributed by atoms with Crippen molar-refractivity contribution in [1.29, 1.82) is 5.26 Å². The van der Waals surface area contributed by atoms with Gasteiger partial charge in [0, 0.05) is 11.3 Å². The minimum atomic E-state index is -0.0228. The standard InChI is InChI=1S/C9H11N3OS.C2H6/c1-6(2)9(13)11-4-8-12-7(3-10)5-14-8;1-2/h5-6H,4H2,1-2H3,(H,11,13);1-2H3. The summed E-state index contributed by atoms with van der Waals surface area (Å²) in [6.07, 6.45) is 0. The van der Waals surface area contributed by atoms with Crippen molar-refractivity contribution in [3.8, 4) is 6.07 Å². The van der Waals surface area contributed by atoms with Gasteiger partial charge in [0.1, 0.15) is 11.1 Å². The summed E-state index contributed by atoms with van der Waals surface area (Å²) >= 11 is 1.38. The van der Waals surface area contributed by atoms with Crippen molar-refractivity contribution in [1.82, 2.24) is 10.3 Å². The molecule has 0 saturated carbocycles. The van der Waals surface area contributed by atoms with Crippen molar-refractivity contribution < 1.29 is 4.79 Å². The van der Waals surface area contributed by atoms with Crippen molar-refractivity contribution in [2.45, 2.75) is 34.2 Å². The van der Waals surface area contributed by atoms with Crippen LogP contribution in [0, 0.1) is 17.2 Å². The van der Waals surface area contributed by atoms with Gasteiger partial charge in [-0.05, 0) is 0 Å². The van der Waals surface area contributed by atoms with Crippen molar-refractivity contribution in [2.24, 2.45) is 5.92 Å². The van der Waals surface area contributed by atoms with E-state index < -0.39 is 0 Å². The Bertz CT molecular complexity index is 366. The third-order valence-electron chi connectivity index (χ3n) is 1.60. The Kier molecular flexibility index (Phi) is 7.14. The maximum atomic E-state index is 11.2. The number of nitrogens with zero attached hydrogens (tertiary/aromatic N) is 2. The van der Waals surface area contributed by atoms with Gasteiger partial charge in [-0.25, -0.2) is 4.98 Å². The highest BCUT2D eigenvalue weighted by molar-refractivity contribution is 7.09. The van der Waals surface area contributed by atoms with Crippen LogP contribution in [0.25, 0.3) is 0 Å². The van der Waals surface area contributed by atoms with Gasteiger partial charge in [0.25, 0.3) is 0 Å². The van der Waals surface area contributed by atoms with Crippen LogP contribution in [0.5, 0.6) is 0 Å². The number of carbonyl (C=O) groups is 1. The lowest BCUT2D eigenvalue weighted by Gasteiger charge is -2.04. The lowest BCUT2D eigenvalue weighted by atomic mass is 10.2. The van der Waals surface area contributed by atoms with Gasteiger partial charge in [-0.1, -0.05) is 27.7 Å². The molecule has 0 fully saturated rings. The van der Waals surface area contributed by atoms with Crippen molar-refractivity contribution in [3.63, 3.8) is 0 Å². The Balaban J connectivity index is 0.00000106. The Morgan fingerprint density at radius 3 is 2.69 bits per heavy atom. The highest BCUT2D eigenvalue weighted by Crippen LogP contribution is 2.08. The molecule has 4 nitrogen and oxygen atoms in total. The second-order valence-corrected chi connectivity index (χ2v) is 4.05. The third-order valence-corrected chi connectivity index (χ3v) is 2.45. The molecule has 16 heavy (non-hydrogen) atoms. The lowest BCUT2D eigenvalue weighted by Crippen LogP contribution is -2.26. The average Bonchev–Trinajstić information content (AvgIpc) is 2.76. The summed E-state index contributed by atoms with van der Waals surface area (Å²) in [5.74, 6) is -0.0240. The number of hydrogen-bond donors (Lipinski definition) is 1. The molecule has 0 aliphatic rings. The van der Waals surface area contributed by atoms with Crippen LogP contribution in [-0.4, -0.2) is 10.9 Å². The van der Waals surface area contributed by atoms with Gasteiger partial charge in [0.15, 0.2) is 5.69 Å². The fourth-order valence-electron chi connectivity index (χ4n) is 0.810. The Morgan fingerprint density at radius 2 is 2.25 bits per heavy atom. The molecule has 0 bridgehead atoms. The number of hydrogen-bond acceptors (Lipinski definition) is 4. The largest absolute Gasteiger partial charge is 0.349 e. The zero-order valence-electron chi connectivity index (χ0n) is 10.1. The smallest absolute Gasteiger partial charge is 0.222 e. The molecule has 1 rings (SSSR count). The first-order valence-electron chi connectivity index (χ1n) is 5.25. The molecule has 0 aliphatic carbocycles. The van der Waals surface area contributed by atoms with E-state index in [1.165, 1.54) is 11.3 Å². The first kappa shape index (κ1) is 14.6. The van der Waals surface area contributed by atoms with Crippen LogP contribution in [0.2, 0.25) is 0 Å². The topological polar surface area (TPSA) is 65.8 Å². The summed E-state index contributed by atoms with van der Waals surface area (Å²) in [7, 11) is 0. The van der Waals surface area contributed by atoms with E-state index in [1.807, 2.05) is 33.8 Å². The SMILES string of the molecule is CC.CC(C)C(=O)NCc1nc(C#N)cs1. The predicted octanol–water partition coefficient (Wildman–Crippen LogP) is 2.31. The Labute approximate surface area is 100 Å². The maximum Gasteiger partial charge on any atom is 0.222 e. The van der Waals surface area contributed by atoms with Crippen molar-refractivity contribution in [2.75, 3.05) is 0 Å². The number of thiazole rings is 1. The Hall–Kier alpha value is -1.41. The summed E-state index contributed by atoms with van der Waals surface area (Å²) in [5, 5.41) is 13.7. The average molecular weight is 239 g/mol. The monoisotopic (exact) mass is 239 g/mol. The second-order valence-electron chi connectivity index (χ2n) is 3.11. The Morgan fingerprint density at radius 1 is 1.62 bits per heavy atom. The molecule has 88 valence electrons. The van der Waals surface area contributed by atoms with E-state index in [9.17, 15) is 4.79 Å². The number of carbonyl (C=O) groups excluding carboxylic acids is 1. The first-order valence-corrected chi connectivity index (χ1v) is 6.13. The van der Waals surface area contributed by atoms with Gasteiger partial charge in [0.05, 0.1) is 6.54 Å². The summed E-state index contributed by atoms with van der Waals surface area (Å²) in [6.45, 7) is 8.07. The fraction of sp³-hybridized carbons (Fsp3) is 0.545. The molecule has 0 aromatic carbocycles. The molecule has 0 aliphatic heterocycles. The zero-order chi connectivity index (χ0) is 12.6. The molecule has 0 saturated heterocycles. The second kappa shape index (κ2) is 7.83. The predicted molar refractivity (Wildman–Crippen MR) is 64.9 cm³/mol. The van der Waals surface area contributed by atoms with E-state index in [1.54, 1.807) is 5.38 Å². The summed E-state index contributed by atoms with van der Waals surface area (Å²) in [4.78, 5) is 15.2. The minimum Gasteiger partial charge on any atom is -0.349 e. The van der Waals surface area contributed by atoms with Crippen molar-refractivity contribution in [3.05, 3.63) is 16.1 Å². The normalized spacial score (nSPS) is 9.00. The molecular formula is C11H17N3OS. The zero-order valence-corrected chi connectivity index (χ0v) is 10.9. The van der Waals surface area contributed by atoms with Crippen LogP contribution in [-0.2, 0) is 11.3 Å². The molecule has 0 atom stereocenters. The molecule has 1 N–H and O–H groups in total. The summed E-state index contributed by atoms with van der Waals surface area (Å²) < 4.78 is 0. The van der Waals surface area contributed by atoms with Gasteiger partial charge >= 0.3 is 0 Å². The maximum absolute atomic E-state index is 11.2. The lowest BCUT2D eigenvalue weighted by molar-refractivity contribution is -0.124. The van der Waals surface area contributed by atoms with E-state index >= 15 is 0 Å². The van der Waals surface area contributed by atoms with E-state index in [0.717, 1.165) is 5.01 Å². The number of rotatable bonds is 3. The number of amides is 1. The molecule has 1 aromatic rings. The molecule has 1 aromatic heterocycles. The van der Waals surface area contributed by atoms with E-state index in [0.29, 0.717) is 12.2 Å². The van der Waals surface area contributed by atoms with Crippen LogP contribution in [0.3, 0.4) is 0 Å². The number of nitrogens with one attached hydrogen (secondary N) is 1. The molecule has 0 radical (unpaired) electrons. The molecule has 0 unspecified atom stereocenters. The van der Waals surface area contributed by atoms with Crippen LogP contribution in [0.4, 0.5) is 0 Å². The summed E-state index contributed by atoms with van der Waals surface area (Å²) in [6, 6.07) is 1.94. The van der Waals surface area contributed by atoms with E-state index in [4.69, 9.17) is 5.26 Å². The fourth-order valence-corrected chi connectivity index (χ4v) is 1.47. The minimum absolute atomic E-state index is 0.00120. The number of aromatic nitrogens is 1. The molecular weight excluding hydrogens is 222 g/mol. The third kappa shape index (κ3) is 4.89. The molecule has 1 amide bonds. The summed E-state index contributed by atoms with van der Waals surface area (Å²) in [5.41, 5.74) is 0.406.